The third-order valence-electron chi connectivity index (χ3n) is 4.67. The number of carbonyl (C=O) groups is 2. The van der Waals surface area contributed by atoms with Crippen molar-refractivity contribution in [3.63, 3.8) is 0 Å². The number of carbonyl (C=O) groups excluding carboxylic acids is 2. The molecule has 0 unspecified atom stereocenters. The lowest BCUT2D eigenvalue weighted by Crippen LogP contribution is -2.22. The Hall–Kier alpha value is -3.69. The standard InChI is InChI=1S/C23H23N3O5S/c1-26(2)32(29,30)17-14-12-16(13-15-17)22(27)24-19-9-5-4-8-18(19)23(28)25-20-10-6-7-11-21(20)31-3/h4-15H,1-3H3,(H,24,27)(H,25,28). The molecule has 3 aromatic carbocycles. The first-order valence-corrected chi connectivity index (χ1v) is 11.1. The molecule has 0 aliphatic rings. The Morgan fingerprint density at radius 2 is 1.34 bits per heavy atom. The van der Waals surface area contributed by atoms with Gasteiger partial charge in [0.25, 0.3) is 11.8 Å². The molecule has 8 nitrogen and oxygen atoms in total. The van der Waals surface area contributed by atoms with Gasteiger partial charge in [0.2, 0.25) is 10.0 Å². The van der Waals surface area contributed by atoms with Crippen LogP contribution in [0.5, 0.6) is 5.75 Å². The highest BCUT2D eigenvalue weighted by Gasteiger charge is 2.19. The molecule has 0 heterocycles. The van der Waals surface area contributed by atoms with Gasteiger partial charge in [-0.1, -0.05) is 24.3 Å². The molecule has 166 valence electrons. The Labute approximate surface area is 186 Å². The molecule has 0 aliphatic heterocycles. The number of hydrogen-bond acceptors (Lipinski definition) is 5. The lowest BCUT2D eigenvalue weighted by molar-refractivity contribution is 0.102. The smallest absolute Gasteiger partial charge is 0.257 e. The summed E-state index contributed by atoms with van der Waals surface area (Å²) < 4.78 is 30.7. The van der Waals surface area contributed by atoms with Gasteiger partial charge in [0.15, 0.2) is 0 Å². The van der Waals surface area contributed by atoms with Crippen LogP contribution in [0.2, 0.25) is 0 Å². The van der Waals surface area contributed by atoms with Crippen LogP contribution in [0, 0.1) is 0 Å². The van der Waals surface area contributed by atoms with Gasteiger partial charge in [-0.05, 0) is 48.5 Å². The number of para-hydroxylation sites is 3. The first kappa shape index (κ1) is 23.0. The normalized spacial score (nSPS) is 11.1. The average Bonchev–Trinajstić information content (AvgIpc) is 2.79. The first-order valence-electron chi connectivity index (χ1n) is 9.61. The lowest BCUT2D eigenvalue weighted by Gasteiger charge is -2.14. The quantitative estimate of drug-likeness (QED) is 0.570. The monoisotopic (exact) mass is 453 g/mol. The number of methoxy groups -OCH3 is 1. The molecule has 0 radical (unpaired) electrons. The number of nitrogens with one attached hydrogen (secondary N) is 2. The molecule has 0 bridgehead atoms. The third-order valence-corrected chi connectivity index (χ3v) is 6.50. The molecule has 2 amide bonds. The fourth-order valence-electron chi connectivity index (χ4n) is 2.91. The van der Waals surface area contributed by atoms with Crippen LogP contribution in [0.4, 0.5) is 11.4 Å². The topological polar surface area (TPSA) is 105 Å². The molecular formula is C23H23N3O5S. The number of amides is 2. The second-order valence-electron chi connectivity index (χ2n) is 6.97. The third kappa shape index (κ3) is 4.96. The van der Waals surface area contributed by atoms with Gasteiger partial charge in [-0.15, -0.1) is 0 Å². The summed E-state index contributed by atoms with van der Waals surface area (Å²) in [6.07, 6.45) is 0. The molecule has 0 aromatic heterocycles. The van der Waals surface area contributed by atoms with Gasteiger partial charge in [-0.25, -0.2) is 12.7 Å². The van der Waals surface area contributed by atoms with Gasteiger partial charge < -0.3 is 15.4 Å². The zero-order chi connectivity index (χ0) is 23.3. The maximum atomic E-state index is 12.9. The minimum atomic E-state index is -3.59. The van der Waals surface area contributed by atoms with E-state index in [9.17, 15) is 18.0 Å². The van der Waals surface area contributed by atoms with Crippen molar-refractivity contribution in [2.45, 2.75) is 4.90 Å². The van der Waals surface area contributed by atoms with E-state index >= 15 is 0 Å². The Balaban J connectivity index is 1.80. The Morgan fingerprint density at radius 3 is 1.97 bits per heavy atom. The van der Waals surface area contributed by atoms with Crippen molar-refractivity contribution in [2.24, 2.45) is 0 Å². The van der Waals surface area contributed by atoms with E-state index in [4.69, 9.17) is 4.74 Å². The SMILES string of the molecule is COc1ccccc1NC(=O)c1ccccc1NC(=O)c1ccc(S(=O)(=O)N(C)C)cc1. The van der Waals surface area contributed by atoms with Crippen molar-refractivity contribution >= 4 is 33.2 Å². The maximum absolute atomic E-state index is 12.9. The van der Waals surface area contributed by atoms with Crippen LogP contribution in [0.15, 0.2) is 77.7 Å². The Kier molecular flexibility index (Phi) is 6.92. The average molecular weight is 454 g/mol. The largest absolute Gasteiger partial charge is 0.495 e. The van der Waals surface area contributed by atoms with Gasteiger partial charge in [-0.3, -0.25) is 9.59 Å². The highest BCUT2D eigenvalue weighted by molar-refractivity contribution is 7.89. The minimum Gasteiger partial charge on any atom is -0.495 e. The highest BCUT2D eigenvalue weighted by Crippen LogP contribution is 2.25. The van der Waals surface area contributed by atoms with Crippen LogP contribution < -0.4 is 15.4 Å². The van der Waals surface area contributed by atoms with E-state index in [0.717, 1.165) is 4.31 Å². The lowest BCUT2D eigenvalue weighted by atomic mass is 10.1. The number of anilines is 2. The van der Waals surface area contributed by atoms with Gasteiger partial charge in [0, 0.05) is 19.7 Å². The van der Waals surface area contributed by atoms with Crippen molar-refractivity contribution < 1.29 is 22.7 Å². The fourth-order valence-corrected chi connectivity index (χ4v) is 3.81. The maximum Gasteiger partial charge on any atom is 0.257 e. The molecular weight excluding hydrogens is 430 g/mol. The molecule has 0 saturated carbocycles. The summed E-state index contributed by atoms with van der Waals surface area (Å²) >= 11 is 0. The molecule has 9 heteroatoms. The summed E-state index contributed by atoms with van der Waals surface area (Å²) in [4.78, 5) is 25.6. The van der Waals surface area contributed by atoms with E-state index in [0.29, 0.717) is 17.1 Å². The van der Waals surface area contributed by atoms with Crippen molar-refractivity contribution in [2.75, 3.05) is 31.8 Å². The molecule has 0 fully saturated rings. The zero-order valence-corrected chi connectivity index (χ0v) is 18.6. The highest BCUT2D eigenvalue weighted by atomic mass is 32.2. The van der Waals surface area contributed by atoms with Crippen molar-refractivity contribution in [3.8, 4) is 5.75 Å². The molecule has 0 spiro atoms. The second-order valence-corrected chi connectivity index (χ2v) is 9.12. The van der Waals surface area contributed by atoms with Crippen molar-refractivity contribution in [1.82, 2.24) is 4.31 Å². The predicted octanol–water partition coefficient (Wildman–Crippen LogP) is 3.45. The molecule has 32 heavy (non-hydrogen) atoms. The predicted molar refractivity (Wildman–Crippen MR) is 123 cm³/mol. The molecule has 3 rings (SSSR count). The number of benzene rings is 3. The number of ether oxygens (including phenoxy) is 1. The van der Waals surface area contributed by atoms with Crippen LogP contribution >= 0.6 is 0 Å². The number of nitrogens with zero attached hydrogens (tertiary/aromatic N) is 1. The fraction of sp³-hybridized carbons (Fsp3) is 0.130. The van der Waals surface area contributed by atoms with Gasteiger partial charge in [-0.2, -0.15) is 0 Å². The van der Waals surface area contributed by atoms with E-state index in [1.165, 1.54) is 45.5 Å². The molecule has 0 saturated heterocycles. The van der Waals surface area contributed by atoms with Crippen LogP contribution in [-0.4, -0.2) is 45.7 Å². The summed E-state index contributed by atoms with van der Waals surface area (Å²) in [5.41, 5.74) is 1.33. The Morgan fingerprint density at radius 1 is 0.781 bits per heavy atom. The molecule has 0 aliphatic carbocycles. The summed E-state index contributed by atoms with van der Waals surface area (Å²) in [6, 6.07) is 19.2. The summed E-state index contributed by atoms with van der Waals surface area (Å²) in [7, 11) is 0.782. The van der Waals surface area contributed by atoms with E-state index in [-0.39, 0.29) is 16.0 Å². The van der Waals surface area contributed by atoms with Gasteiger partial charge in [0.05, 0.1) is 28.9 Å². The summed E-state index contributed by atoms with van der Waals surface area (Å²) in [6.45, 7) is 0. The molecule has 2 N–H and O–H groups in total. The van der Waals surface area contributed by atoms with E-state index < -0.39 is 21.8 Å². The van der Waals surface area contributed by atoms with Crippen LogP contribution in [0.3, 0.4) is 0 Å². The zero-order valence-electron chi connectivity index (χ0n) is 17.8. The van der Waals surface area contributed by atoms with Crippen LogP contribution in [0.1, 0.15) is 20.7 Å². The summed E-state index contributed by atoms with van der Waals surface area (Å²) in [5.74, 6) is -0.385. The number of sulfonamides is 1. The first-order chi connectivity index (χ1) is 15.2. The van der Waals surface area contributed by atoms with Crippen LogP contribution in [-0.2, 0) is 10.0 Å². The van der Waals surface area contributed by atoms with E-state index in [1.807, 2.05) is 0 Å². The number of rotatable bonds is 7. The Bertz CT molecular complexity index is 1240. The molecule has 3 aromatic rings. The van der Waals surface area contributed by atoms with E-state index in [1.54, 1.807) is 48.5 Å². The van der Waals surface area contributed by atoms with Crippen molar-refractivity contribution in [1.29, 1.82) is 0 Å². The van der Waals surface area contributed by atoms with Gasteiger partial charge >= 0.3 is 0 Å². The summed E-state index contributed by atoms with van der Waals surface area (Å²) in [5, 5.41) is 5.49. The van der Waals surface area contributed by atoms with Crippen molar-refractivity contribution in [3.05, 3.63) is 83.9 Å². The molecule has 0 atom stereocenters. The van der Waals surface area contributed by atoms with Crippen LogP contribution in [0.25, 0.3) is 0 Å². The van der Waals surface area contributed by atoms with Gasteiger partial charge in [0.1, 0.15) is 5.75 Å². The number of hydrogen-bond donors (Lipinski definition) is 2. The second kappa shape index (κ2) is 9.63. The minimum absolute atomic E-state index is 0.0793. The van der Waals surface area contributed by atoms with E-state index in [2.05, 4.69) is 10.6 Å².